The third-order valence-corrected chi connectivity index (χ3v) is 1.83. The molecular weight excluding hydrogens is 192 g/mol. The Morgan fingerprint density at radius 2 is 1.67 bits per heavy atom. The van der Waals surface area contributed by atoms with Crippen LogP contribution in [0.2, 0.25) is 0 Å². The molecule has 2 amide bonds. The summed E-state index contributed by atoms with van der Waals surface area (Å²) in [6.07, 6.45) is 0.411. The zero-order valence-electron chi connectivity index (χ0n) is 8.83. The van der Waals surface area contributed by atoms with E-state index in [9.17, 15) is 9.59 Å². The lowest BCUT2D eigenvalue weighted by Gasteiger charge is -2.10. The lowest BCUT2D eigenvalue weighted by atomic mass is 10.2. The van der Waals surface area contributed by atoms with Crippen molar-refractivity contribution in [3.63, 3.8) is 0 Å². The number of hydrogen-bond acceptors (Lipinski definition) is 2. The molecule has 0 bridgehead atoms. The molecule has 0 aliphatic rings. The number of rotatable bonds is 3. The Morgan fingerprint density at radius 3 is 2.13 bits per heavy atom. The fourth-order valence-corrected chi connectivity index (χ4v) is 1.13. The summed E-state index contributed by atoms with van der Waals surface area (Å²) in [5.74, 6) is -0.235. The fraction of sp³-hybridized carbons (Fsp3) is 0.273. The summed E-state index contributed by atoms with van der Waals surface area (Å²) in [4.78, 5) is 22.1. The normalized spacial score (nSPS) is 9.47. The van der Waals surface area contributed by atoms with Crippen molar-refractivity contribution in [1.29, 1.82) is 0 Å². The molecule has 2 N–H and O–H groups in total. The van der Waals surface area contributed by atoms with Gasteiger partial charge in [-0.2, -0.15) is 0 Å². The second-order valence-electron chi connectivity index (χ2n) is 3.13. The Labute approximate surface area is 88.7 Å². The molecule has 4 nitrogen and oxygen atoms in total. The van der Waals surface area contributed by atoms with E-state index in [0.717, 1.165) is 0 Å². The van der Waals surface area contributed by atoms with Gasteiger partial charge in [0.05, 0.1) is 11.4 Å². The number of para-hydroxylation sites is 2. The summed E-state index contributed by atoms with van der Waals surface area (Å²) in [7, 11) is 0. The molecule has 4 heteroatoms. The van der Waals surface area contributed by atoms with Gasteiger partial charge in [0.25, 0.3) is 0 Å². The van der Waals surface area contributed by atoms with E-state index in [1.54, 1.807) is 31.2 Å². The zero-order chi connectivity index (χ0) is 11.3. The number of carbonyl (C=O) groups excluding carboxylic acids is 2. The molecule has 0 atom stereocenters. The average molecular weight is 206 g/mol. The highest BCUT2D eigenvalue weighted by Gasteiger charge is 2.05. The zero-order valence-corrected chi connectivity index (χ0v) is 8.83. The van der Waals surface area contributed by atoms with Crippen LogP contribution in [0.5, 0.6) is 0 Å². The third-order valence-electron chi connectivity index (χ3n) is 1.83. The van der Waals surface area contributed by atoms with Crippen LogP contribution >= 0.6 is 0 Å². The van der Waals surface area contributed by atoms with Gasteiger partial charge < -0.3 is 10.6 Å². The van der Waals surface area contributed by atoms with Crippen molar-refractivity contribution in [2.75, 3.05) is 10.6 Å². The van der Waals surface area contributed by atoms with Crippen LogP contribution in [0, 0.1) is 0 Å². The largest absolute Gasteiger partial charge is 0.325 e. The monoisotopic (exact) mass is 206 g/mol. The second kappa shape index (κ2) is 5.14. The second-order valence-corrected chi connectivity index (χ2v) is 3.13. The van der Waals surface area contributed by atoms with Gasteiger partial charge in [-0.1, -0.05) is 19.1 Å². The molecule has 1 rings (SSSR count). The van der Waals surface area contributed by atoms with Crippen LogP contribution in [-0.2, 0) is 9.59 Å². The number of amides is 2. The number of hydrogen-bond donors (Lipinski definition) is 2. The molecule has 0 saturated carbocycles. The summed E-state index contributed by atoms with van der Waals surface area (Å²) >= 11 is 0. The molecule has 0 heterocycles. The third kappa shape index (κ3) is 3.42. The van der Waals surface area contributed by atoms with Gasteiger partial charge in [-0.25, -0.2) is 0 Å². The Hall–Kier alpha value is -1.84. The summed E-state index contributed by atoms with van der Waals surface area (Å²) < 4.78 is 0. The molecule has 80 valence electrons. The molecule has 1 aromatic carbocycles. The van der Waals surface area contributed by atoms with E-state index in [1.165, 1.54) is 6.92 Å². The van der Waals surface area contributed by atoms with Crippen molar-refractivity contribution in [3.8, 4) is 0 Å². The van der Waals surface area contributed by atoms with Gasteiger partial charge in [0.1, 0.15) is 0 Å². The van der Waals surface area contributed by atoms with Crippen LogP contribution in [0.15, 0.2) is 24.3 Å². The smallest absolute Gasteiger partial charge is 0.224 e. The van der Waals surface area contributed by atoms with Crippen molar-refractivity contribution >= 4 is 23.2 Å². The summed E-state index contributed by atoms with van der Waals surface area (Å²) in [5, 5.41) is 5.36. The summed E-state index contributed by atoms with van der Waals surface area (Å²) in [6.45, 7) is 3.20. The molecular formula is C11H14N2O2. The molecule has 1 aromatic rings. The first-order valence-electron chi connectivity index (χ1n) is 4.80. The van der Waals surface area contributed by atoms with Crippen LogP contribution in [-0.4, -0.2) is 11.8 Å². The van der Waals surface area contributed by atoms with E-state index in [2.05, 4.69) is 10.6 Å². The SMILES string of the molecule is CCC(=O)Nc1ccccc1NC(C)=O. The van der Waals surface area contributed by atoms with Gasteiger partial charge in [-0.3, -0.25) is 9.59 Å². The van der Waals surface area contributed by atoms with Crippen LogP contribution in [0.1, 0.15) is 20.3 Å². The van der Waals surface area contributed by atoms with Crippen LogP contribution < -0.4 is 10.6 Å². The summed E-state index contributed by atoms with van der Waals surface area (Å²) in [6, 6.07) is 7.09. The van der Waals surface area contributed by atoms with Gasteiger partial charge in [-0.05, 0) is 12.1 Å². The predicted octanol–water partition coefficient (Wildman–Crippen LogP) is 1.99. The molecule has 0 aliphatic carbocycles. The molecule has 0 spiro atoms. The molecule has 0 fully saturated rings. The highest BCUT2D eigenvalue weighted by Crippen LogP contribution is 2.20. The summed E-state index contributed by atoms with van der Waals surface area (Å²) in [5.41, 5.74) is 1.24. The van der Waals surface area contributed by atoms with E-state index in [0.29, 0.717) is 17.8 Å². The Balaban J connectivity index is 2.85. The molecule has 0 aromatic heterocycles. The minimum Gasteiger partial charge on any atom is -0.325 e. The maximum atomic E-state index is 11.2. The standard InChI is InChI=1S/C11H14N2O2/c1-3-11(15)13-10-7-5-4-6-9(10)12-8(2)14/h4-7H,3H2,1-2H3,(H,12,14)(H,13,15). The lowest BCUT2D eigenvalue weighted by molar-refractivity contribution is -0.116. The van der Waals surface area contributed by atoms with Crippen LogP contribution in [0.3, 0.4) is 0 Å². The first-order valence-corrected chi connectivity index (χ1v) is 4.80. The van der Waals surface area contributed by atoms with Gasteiger partial charge in [0, 0.05) is 13.3 Å². The molecule has 0 radical (unpaired) electrons. The number of benzene rings is 1. The first kappa shape index (κ1) is 11.2. The maximum Gasteiger partial charge on any atom is 0.224 e. The number of nitrogens with one attached hydrogen (secondary N) is 2. The van der Waals surface area contributed by atoms with E-state index >= 15 is 0 Å². The van der Waals surface area contributed by atoms with Gasteiger partial charge in [0.2, 0.25) is 11.8 Å². The van der Waals surface area contributed by atoms with Gasteiger partial charge in [0.15, 0.2) is 0 Å². The van der Waals surface area contributed by atoms with Crippen molar-refractivity contribution in [2.24, 2.45) is 0 Å². The predicted molar refractivity (Wildman–Crippen MR) is 59.7 cm³/mol. The Bertz CT molecular complexity index is 375. The first-order chi connectivity index (χ1) is 7.13. The van der Waals surface area contributed by atoms with Crippen molar-refractivity contribution in [1.82, 2.24) is 0 Å². The van der Waals surface area contributed by atoms with Crippen molar-refractivity contribution < 1.29 is 9.59 Å². The highest BCUT2D eigenvalue weighted by molar-refractivity contribution is 5.98. The molecule has 0 unspecified atom stereocenters. The average Bonchev–Trinajstić information content (AvgIpc) is 2.20. The van der Waals surface area contributed by atoms with Crippen molar-refractivity contribution in [2.45, 2.75) is 20.3 Å². The lowest BCUT2D eigenvalue weighted by Crippen LogP contribution is -2.13. The Kier molecular flexibility index (Phi) is 3.85. The van der Waals surface area contributed by atoms with E-state index in [1.807, 2.05) is 0 Å². The quantitative estimate of drug-likeness (QED) is 0.794. The molecule has 0 aliphatic heterocycles. The topological polar surface area (TPSA) is 58.2 Å². The Morgan fingerprint density at radius 1 is 1.13 bits per heavy atom. The number of anilines is 2. The van der Waals surface area contributed by atoms with Gasteiger partial charge in [-0.15, -0.1) is 0 Å². The maximum absolute atomic E-state index is 11.2. The molecule has 15 heavy (non-hydrogen) atoms. The highest BCUT2D eigenvalue weighted by atomic mass is 16.2. The van der Waals surface area contributed by atoms with E-state index in [4.69, 9.17) is 0 Å². The molecule has 0 saturated heterocycles. The fourth-order valence-electron chi connectivity index (χ4n) is 1.13. The van der Waals surface area contributed by atoms with E-state index in [-0.39, 0.29) is 11.8 Å². The van der Waals surface area contributed by atoms with E-state index < -0.39 is 0 Å². The van der Waals surface area contributed by atoms with Crippen molar-refractivity contribution in [3.05, 3.63) is 24.3 Å². The van der Waals surface area contributed by atoms with Crippen LogP contribution in [0.25, 0.3) is 0 Å². The van der Waals surface area contributed by atoms with Crippen LogP contribution in [0.4, 0.5) is 11.4 Å². The minimum absolute atomic E-state index is 0.0761. The van der Waals surface area contributed by atoms with Gasteiger partial charge >= 0.3 is 0 Å². The minimum atomic E-state index is -0.159. The number of carbonyl (C=O) groups is 2.